The largest absolute Gasteiger partial charge is 0.369 e. The second kappa shape index (κ2) is 5.53. The molecule has 0 saturated heterocycles. The van der Waals surface area contributed by atoms with Crippen LogP contribution in [0.1, 0.15) is 25.7 Å². The molecule has 4 nitrogen and oxygen atoms in total. The van der Waals surface area contributed by atoms with Crippen LogP contribution >= 0.6 is 0 Å². The zero-order valence-corrected chi connectivity index (χ0v) is 8.87. The summed E-state index contributed by atoms with van der Waals surface area (Å²) in [5.41, 5.74) is 5.23. The Bertz CT molecular complexity index is 255. The van der Waals surface area contributed by atoms with Crippen molar-refractivity contribution in [3.63, 3.8) is 0 Å². The number of carbonyl (C=O) groups excluding carboxylic acids is 2. The highest BCUT2D eigenvalue weighted by Crippen LogP contribution is 2.27. The van der Waals surface area contributed by atoms with Gasteiger partial charge in [-0.3, -0.25) is 9.59 Å². The van der Waals surface area contributed by atoms with E-state index in [1.54, 1.807) is 0 Å². The third-order valence-corrected chi connectivity index (χ3v) is 3.00. The van der Waals surface area contributed by atoms with Gasteiger partial charge in [-0.05, 0) is 37.7 Å². The lowest BCUT2D eigenvalue weighted by atomic mass is 9.81. The van der Waals surface area contributed by atoms with E-state index in [2.05, 4.69) is 11.9 Å². The van der Waals surface area contributed by atoms with Crippen LogP contribution in [-0.2, 0) is 9.59 Å². The van der Waals surface area contributed by atoms with Crippen molar-refractivity contribution in [2.75, 3.05) is 6.54 Å². The van der Waals surface area contributed by atoms with Crippen molar-refractivity contribution >= 4 is 11.8 Å². The minimum atomic E-state index is -0.191. The van der Waals surface area contributed by atoms with E-state index in [-0.39, 0.29) is 17.7 Å². The van der Waals surface area contributed by atoms with E-state index in [1.165, 1.54) is 6.08 Å². The lowest BCUT2D eigenvalue weighted by molar-refractivity contribution is -0.123. The standard InChI is InChI=1S/C11H18N2O2/c1-2-10(14)13-7-8-3-5-9(6-4-8)11(12)15/h2,8-9H,1,3-7H2,(H2,12,15)(H,13,14). The van der Waals surface area contributed by atoms with Gasteiger partial charge in [-0.1, -0.05) is 6.58 Å². The molecule has 1 fully saturated rings. The molecule has 1 aliphatic carbocycles. The Labute approximate surface area is 89.9 Å². The van der Waals surface area contributed by atoms with E-state index in [1.807, 2.05) is 0 Å². The second-order valence-corrected chi connectivity index (χ2v) is 4.07. The number of amides is 2. The molecule has 0 radical (unpaired) electrons. The average molecular weight is 210 g/mol. The van der Waals surface area contributed by atoms with E-state index in [9.17, 15) is 9.59 Å². The third-order valence-electron chi connectivity index (χ3n) is 3.00. The summed E-state index contributed by atoms with van der Waals surface area (Å²) in [4.78, 5) is 21.8. The molecule has 0 spiro atoms. The van der Waals surface area contributed by atoms with Gasteiger partial charge in [-0.15, -0.1) is 0 Å². The van der Waals surface area contributed by atoms with E-state index < -0.39 is 0 Å². The molecule has 0 heterocycles. The maximum atomic E-state index is 10.9. The van der Waals surface area contributed by atoms with Crippen molar-refractivity contribution in [2.45, 2.75) is 25.7 Å². The summed E-state index contributed by atoms with van der Waals surface area (Å²) in [7, 11) is 0. The van der Waals surface area contributed by atoms with Crippen molar-refractivity contribution in [1.29, 1.82) is 0 Å². The maximum absolute atomic E-state index is 10.9. The van der Waals surface area contributed by atoms with Gasteiger partial charge in [0.05, 0.1) is 0 Å². The Kier molecular flexibility index (Phi) is 4.34. The van der Waals surface area contributed by atoms with Crippen LogP contribution in [0, 0.1) is 11.8 Å². The minimum Gasteiger partial charge on any atom is -0.369 e. The fraction of sp³-hybridized carbons (Fsp3) is 0.636. The van der Waals surface area contributed by atoms with Gasteiger partial charge in [0.15, 0.2) is 0 Å². The molecule has 2 amide bonds. The summed E-state index contributed by atoms with van der Waals surface area (Å²) in [6.45, 7) is 4.06. The Morgan fingerprint density at radius 3 is 2.40 bits per heavy atom. The quantitative estimate of drug-likeness (QED) is 0.666. The lowest BCUT2D eigenvalue weighted by Crippen LogP contribution is -2.33. The van der Waals surface area contributed by atoms with Gasteiger partial charge in [0, 0.05) is 12.5 Å². The number of hydrogen-bond donors (Lipinski definition) is 2. The van der Waals surface area contributed by atoms with Crippen molar-refractivity contribution in [3.8, 4) is 0 Å². The highest BCUT2D eigenvalue weighted by Gasteiger charge is 2.24. The Morgan fingerprint density at radius 1 is 1.33 bits per heavy atom. The molecular formula is C11H18N2O2. The van der Waals surface area contributed by atoms with Gasteiger partial charge >= 0.3 is 0 Å². The van der Waals surface area contributed by atoms with E-state index in [0.717, 1.165) is 25.7 Å². The van der Waals surface area contributed by atoms with Crippen LogP contribution < -0.4 is 11.1 Å². The summed E-state index contributed by atoms with van der Waals surface area (Å²) in [5, 5.41) is 2.77. The topological polar surface area (TPSA) is 72.2 Å². The SMILES string of the molecule is C=CC(=O)NCC1CCC(C(N)=O)CC1. The highest BCUT2D eigenvalue weighted by atomic mass is 16.1. The summed E-state index contributed by atoms with van der Waals surface area (Å²) < 4.78 is 0. The van der Waals surface area contributed by atoms with Crippen LogP contribution in [0.4, 0.5) is 0 Å². The predicted molar refractivity (Wildman–Crippen MR) is 57.8 cm³/mol. The first-order valence-corrected chi connectivity index (χ1v) is 5.33. The molecular weight excluding hydrogens is 192 g/mol. The normalized spacial score (nSPS) is 25.6. The second-order valence-electron chi connectivity index (χ2n) is 4.07. The molecule has 1 aliphatic rings. The van der Waals surface area contributed by atoms with Gasteiger partial charge in [-0.25, -0.2) is 0 Å². The van der Waals surface area contributed by atoms with Crippen molar-refractivity contribution in [3.05, 3.63) is 12.7 Å². The van der Waals surface area contributed by atoms with Crippen molar-refractivity contribution in [2.24, 2.45) is 17.6 Å². The Balaban J connectivity index is 2.23. The summed E-state index contributed by atoms with van der Waals surface area (Å²) in [6, 6.07) is 0. The van der Waals surface area contributed by atoms with Crippen molar-refractivity contribution < 1.29 is 9.59 Å². The first-order chi connectivity index (χ1) is 7.13. The highest BCUT2D eigenvalue weighted by molar-refractivity contribution is 5.86. The number of nitrogens with two attached hydrogens (primary N) is 1. The summed E-state index contributed by atoms with van der Waals surface area (Å²) >= 11 is 0. The molecule has 0 aromatic heterocycles. The number of rotatable bonds is 4. The van der Waals surface area contributed by atoms with E-state index in [4.69, 9.17) is 5.73 Å². The summed E-state index contributed by atoms with van der Waals surface area (Å²) in [6.07, 6.45) is 4.90. The smallest absolute Gasteiger partial charge is 0.243 e. The number of hydrogen-bond acceptors (Lipinski definition) is 2. The number of carbonyl (C=O) groups is 2. The number of primary amides is 1. The molecule has 0 unspecified atom stereocenters. The van der Waals surface area contributed by atoms with Gasteiger partial charge in [0.25, 0.3) is 0 Å². The molecule has 3 N–H and O–H groups in total. The first kappa shape index (κ1) is 11.8. The molecule has 1 rings (SSSR count). The number of nitrogens with one attached hydrogen (secondary N) is 1. The Morgan fingerprint density at radius 2 is 1.93 bits per heavy atom. The van der Waals surface area contributed by atoms with Crippen LogP contribution in [0.3, 0.4) is 0 Å². The molecule has 15 heavy (non-hydrogen) atoms. The molecule has 1 saturated carbocycles. The zero-order chi connectivity index (χ0) is 11.3. The molecule has 0 aliphatic heterocycles. The summed E-state index contributed by atoms with van der Waals surface area (Å²) in [5.74, 6) is 0.191. The maximum Gasteiger partial charge on any atom is 0.243 e. The third kappa shape index (κ3) is 3.73. The minimum absolute atomic E-state index is 0.0383. The fourth-order valence-electron chi connectivity index (χ4n) is 1.97. The van der Waals surface area contributed by atoms with Gasteiger partial charge in [0.1, 0.15) is 0 Å². The zero-order valence-electron chi connectivity index (χ0n) is 8.87. The van der Waals surface area contributed by atoms with Gasteiger partial charge in [-0.2, -0.15) is 0 Å². The lowest BCUT2D eigenvalue weighted by Gasteiger charge is -2.26. The fourth-order valence-corrected chi connectivity index (χ4v) is 1.97. The van der Waals surface area contributed by atoms with Crippen LogP contribution in [0.2, 0.25) is 0 Å². The first-order valence-electron chi connectivity index (χ1n) is 5.33. The molecule has 0 aromatic rings. The van der Waals surface area contributed by atoms with Gasteiger partial charge < -0.3 is 11.1 Å². The van der Waals surface area contributed by atoms with Crippen LogP contribution in [0.25, 0.3) is 0 Å². The van der Waals surface area contributed by atoms with Crippen LogP contribution in [0.15, 0.2) is 12.7 Å². The van der Waals surface area contributed by atoms with E-state index in [0.29, 0.717) is 12.5 Å². The molecule has 84 valence electrons. The molecule has 0 atom stereocenters. The van der Waals surface area contributed by atoms with Crippen LogP contribution in [0.5, 0.6) is 0 Å². The molecule has 4 heteroatoms. The predicted octanol–water partition coefficient (Wildman–Crippen LogP) is 0.580. The molecule has 0 bridgehead atoms. The average Bonchev–Trinajstić information content (AvgIpc) is 2.26. The van der Waals surface area contributed by atoms with Gasteiger partial charge in [0.2, 0.25) is 11.8 Å². The Hall–Kier alpha value is -1.32. The van der Waals surface area contributed by atoms with Crippen molar-refractivity contribution in [1.82, 2.24) is 5.32 Å². The molecule has 0 aromatic carbocycles. The monoisotopic (exact) mass is 210 g/mol. The van der Waals surface area contributed by atoms with E-state index >= 15 is 0 Å². The van der Waals surface area contributed by atoms with Crippen LogP contribution in [-0.4, -0.2) is 18.4 Å².